The van der Waals surface area contributed by atoms with Gasteiger partial charge >= 0.3 is 12.1 Å². The number of quaternary nitrogens is 1. The second-order valence-corrected chi connectivity index (χ2v) is 15.2. The average molecular weight is 860 g/mol. The van der Waals surface area contributed by atoms with Gasteiger partial charge in [-0.15, -0.1) is 0 Å². The van der Waals surface area contributed by atoms with Gasteiger partial charge in [0.05, 0.1) is 59.6 Å². The molecule has 3 amide bonds. The van der Waals surface area contributed by atoms with Crippen molar-refractivity contribution in [2.45, 2.75) is 44.7 Å². The summed E-state index contributed by atoms with van der Waals surface area (Å²) in [5.74, 6) is -2.16. The van der Waals surface area contributed by atoms with Crippen molar-refractivity contribution in [3.05, 3.63) is 71.0 Å². The fourth-order valence-corrected chi connectivity index (χ4v) is 7.60. The topological polar surface area (TPSA) is 234 Å². The summed E-state index contributed by atoms with van der Waals surface area (Å²) in [5.41, 5.74) is 16.2. The summed E-state index contributed by atoms with van der Waals surface area (Å²) in [4.78, 5) is 63.3. The zero-order valence-corrected chi connectivity index (χ0v) is 34.1. The predicted molar refractivity (Wildman–Crippen MR) is 218 cm³/mol. The van der Waals surface area contributed by atoms with Crippen molar-refractivity contribution in [1.82, 2.24) is 34.1 Å². The maximum atomic E-state index is 14.1. The van der Waals surface area contributed by atoms with E-state index in [1.165, 1.54) is 48.1 Å². The highest BCUT2D eigenvalue weighted by atomic mass is 35.5. The summed E-state index contributed by atoms with van der Waals surface area (Å²) < 4.78 is 44.8. The number of amides is 3. The van der Waals surface area contributed by atoms with E-state index in [-0.39, 0.29) is 77.0 Å². The molecule has 21 heteroatoms. The molecule has 0 atom stereocenters. The number of carbonyl (C=O) groups excluding carboxylic acids is 3. The zero-order valence-electron chi connectivity index (χ0n) is 33.3. The van der Waals surface area contributed by atoms with Gasteiger partial charge in [0.15, 0.2) is 23.9 Å². The number of carboxylic acid groups (broad SMARTS) is 1. The molecule has 60 heavy (non-hydrogen) atoms. The number of anilines is 2. The number of imidazole rings is 1. The van der Waals surface area contributed by atoms with Crippen molar-refractivity contribution in [3.8, 4) is 17.1 Å². The molecule has 3 aromatic heterocycles. The van der Waals surface area contributed by atoms with Crippen molar-refractivity contribution in [2.75, 3.05) is 76.5 Å². The van der Waals surface area contributed by atoms with Crippen LogP contribution in [0.1, 0.15) is 65.2 Å². The lowest BCUT2D eigenvalue weighted by Gasteiger charge is -2.38. The Morgan fingerprint density at radius 3 is 2.13 bits per heavy atom. The largest absolute Gasteiger partial charge is 0.477 e. The highest BCUT2D eigenvalue weighted by Crippen LogP contribution is 2.37. The van der Waals surface area contributed by atoms with Crippen LogP contribution in [-0.4, -0.2) is 133 Å². The van der Waals surface area contributed by atoms with Gasteiger partial charge in [-0.2, -0.15) is 18.3 Å². The Morgan fingerprint density at radius 2 is 1.55 bits per heavy atom. The van der Waals surface area contributed by atoms with Gasteiger partial charge < -0.3 is 46.5 Å². The van der Waals surface area contributed by atoms with Crippen LogP contribution < -0.4 is 22.5 Å². The van der Waals surface area contributed by atoms with Crippen LogP contribution in [0.15, 0.2) is 48.9 Å². The lowest BCUT2D eigenvalue weighted by molar-refractivity contribution is -0.922. The Morgan fingerprint density at radius 1 is 0.900 bits per heavy atom. The maximum Gasteiger partial charge on any atom is 0.435 e. The number of rotatable bonds is 19. The number of halogens is 4. The summed E-state index contributed by atoms with van der Waals surface area (Å²) in [6, 6.07) is 7.21. The molecule has 1 saturated heterocycles. The number of nitrogens with two attached hydrogens (primary N) is 3. The molecule has 5 rings (SSSR count). The third-order valence-corrected chi connectivity index (χ3v) is 10.8. The summed E-state index contributed by atoms with van der Waals surface area (Å²) in [6.45, 7) is 4.05. The number of hydrogen-bond acceptors (Lipinski definition) is 10. The van der Waals surface area contributed by atoms with Gasteiger partial charge in [0.2, 0.25) is 5.91 Å². The first-order valence-electron chi connectivity index (χ1n) is 19.6. The van der Waals surface area contributed by atoms with E-state index in [4.69, 9.17) is 28.8 Å². The quantitative estimate of drug-likeness (QED) is 0.0675. The van der Waals surface area contributed by atoms with Crippen LogP contribution in [0.25, 0.3) is 17.1 Å². The minimum absolute atomic E-state index is 0.0285. The number of benzene rings is 1. The van der Waals surface area contributed by atoms with Crippen LogP contribution in [0.4, 0.5) is 24.5 Å². The Balaban J connectivity index is 1.17. The van der Waals surface area contributed by atoms with Crippen molar-refractivity contribution < 1.29 is 41.9 Å². The molecule has 0 spiro atoms. The average Bonchev–Trinajstić information content (AvgIpc) is 3.82. The molecule has 324 valence electrons. The van der Waals surface area contributed by atoms with Crippen LogP contribution in [0.5, 0.6) is 0 Å². The minimum Gasteiger partial charge on any atom is -0.477 e. The van der Waals surface area contributed by atoms with E-state index in [1.54, 1.807) is 9.80 Å². The molecule has 1 aliphatic heterocycles. The molecule has 0 saturated carbocycles. The van der Waals surface area contributed by atoms with E-state index < -0.39 is 23.7 Å². The number of unbranched alkanes of at least 4 members (excludes halogenated alkanes) is 2. The summed E-state index contributed by atoms with van der Waals surface area (Å²) in [6.07, 6.45) is 2.66. The van der Waals surface area contributed by atoms with E-state index in [0.717, 1.165) is 42.8 Å². The first-order valence-corrected chi connectivity index (χ1v) is 20.0. The number of carboxylic acids is 1. The third kappa shape index (κ3) is 11.4. The second kappa shape index (κ2) is 20.1. The van der Waals surface area contributed by atoms with Gasteiger partial charge in [0, 0.05) is 58.0 Å². The standard InChI is InChI=1S/C39H50ClF3N12O5/c1-51-31(29-24-54(50-35(29)39(41,42)43)32-11-8-26(46)22-47-32)23-48-36(51)37(59)49-27-9-10-28(30(40)21-27)38(60)53-16-14-52(15-17-53)33(56)7-6-20-55(25-34(57)58,18-4-2-12-44)19-5-3-13-45/h8-11,21-24H,2-7,12-20,25,44-46H2,1H3,(H-,49,57,58,59,60)/p+1. The summed E-state index contributed by atoms with van der Waals surface area (Å²) in [5, 5.41) is 16.1. The van der Waals surface area contributed by atoms with Crippen LogP contribution in [0.2, 0.25) is 5.02 Å². The monoisotopic (exact) mass is 859 g/mol. The fourth-order valence-electron chi connectivity index (χ4n) is 7.34. The Hall–Kier alpha value is -5.57. The molecular formula is C39H51ClF3N12O5+. The molecule has 1 fully saturated rings. The van der Waals surface area contributed by atoms with E-state index in [9.17, 15) is 37.5 Å². The molecule has 17 nitrogen and oxygen atoms in total. The number of nitrogen functional groups attached to an aromatic ring is 1. The molecule has 0 aliphatic carbocycles. The van der Waals surface area contributed by atoms with E-state index in [1.807, 2.05) is 0 Å². The molecule has 8 N–H and O–H groups in total. The molecule has 1 aromatic carbocycles. The number of aromatic nitrogens is 5. The molecule has 4 heterocycles. The van der Waals surface area contributed by atoms with Gasteiger partial charge in [-0.1, -0.05) is 11.6 Å². The molecule has 0 unspecified atom stereocenters. The van der Waals surface area contributed by atoms with Gasteiger partial charge in [0.1, 0.15) is 0 Å². The normalized spacial score (nSPS) is 13.4. The number of nitrogens with one attached hydrogen (secondary N) is 1. The summed E-state index contributed by atoms with van der Waals surface area (Å²) in [7, 11) is 1.39. The van der Waals surface area contributed by atoms with Gasteiger partial charge in [-0.05, 0) is 69.1 Å². The van der Waals surface area contributed by atoms with E-state index in [2.05, 4.69) is 20.4 Å². The van der Waals surface area contributed by atoms with Gasteiger partial charge in [-0.3, -0.25) is 14.4 Å². The number of alkyl halides is 3. The van der Waals surface area contributed by atoms with Crippen LogP contribution in [0, 0.1) is 0 Å². The number of nitrogens with zero attached hydrogens (tertiary/aromatic N) is 8. The lowest BCUT2D eigenvalue weighted by Crippen LogP contribution is -2.54. The smallest absolute Gasteiger partial charge is 0.435 e. The van der Waals surface area contributed by atoms with Gasteiger partial charge in [-0.25, -0.2) is 19.4 Å². The Bertz CT molecular complexity index is 2120. The predicted octanol–water partition coefficient (Wildman–Crippen LogP) is 3.62. The highest BCUT2D eigenvalue weighted by molar-refractivity contribution is 6.34. The first-order chi connectivity index (χ1) is 28.6. The number of carbonyl (C=O) groups is 4. The van der Waals surface area contributed by atoms with Gasteiger partial charge in [0.25, 0.3) is 11.8 Å². The number of hydrogen-bond donors (Lipinski definition) is 5. The SMILES string of the molecule is Cn1c(-c2cn(-c3ccc(N)cn3)nc2C(F)(F)F)cnc1C(=O)Nc1ccc(C(=O)N2CCN(C(=O)CCC[N+](CCCCN)(CCCCN)CC(=O)O)CC2)c(Cl)c1. The fraction of sp³-hybridized carbons (Fsp3) is 0.462. The molecule has 0 bridgehead atoms. The van der Waals surface area contributed by atoms with Crippen LogP contribution in [0.3, 0.4) is 0 Å². The summed E-state index contributed by atoms with van der Waals surface area (Å²) >= 11 is 6.53. The van der Waals surface area contributed by atoms with E-state index in [0.29, 0.717) is 62.4 Å². The van der Waals surface area contributed by atoms with Crippen molar-refractivity contribution in [3.63, 3.8) is 0 Å². The first kappa shape index (κ1) is 45.5. The molecule has 0 radical (unpaired) electrons. The Labute approximate surface area is 349 Å². The third-order valence-electron chi connectivity index (χ3n) is 10.5. The van der Waals surface area contributed by atoms with Crippen LogP contribution in [-0.2, 0) is 22.8 Å². The second-order valence-electron chi connectivity index (χ2n) is 14.8. The van der Waals surface area contributed by atoms with Crippen molar-refractivity contribution in [1.29, 1.82) is 0 Å². The molecule has 4 aromatic rings. The highest BCUT2D eigenvalue weighted by Gasteiger charge is 2.39. The zero-order chi connectivity index (χ0) is 43.6. The minimum atomic E-state index is -4.84. The Kier molecular flexibility index (Phi) is 15.3. The van der Waals surface area contributed by atoms with Crippen LogP contribution >= 0.6 is 11.6 Å². The number of aliphatic carboxylic acids is 1. The van der Waals surface area contributed by atoms with Crippen molar-refractivity contribution >= 4 is 46.7 Å². The molecular weight excluding hydrogens is 809 g/mol. The number of pyridine rings is 1. The van der Waals surface area contributed by atoms with E-state index >= 15 is 0 Å². The lowest BCUT2D eigenvalue weighted by atomic mass is 10.1. The number of piperazine rings is 1. The molecule has 1 aliphatic rings. The van der Waals surface area contributed by atoms with Crippen molar-refractivity contribution in [2.24, 2.45) is 18.5 Å². The maximum absolute atomic E-state index is 14.1.